The largest absolute Gasteiger partial charge is 0.394 e. The van der Waals surface area contributed by atoms with Gasteiger partial charge in [0, 0.05) is 17.6 Å². The van der Waals surface area contributed by atoms with Crippen LogP contribution in [0.25, 0.3) is 0 Å². The Kier molecular flexibility index (Phi) is 5.15. The second kappa shape index (κ2) is 6.50. The average Bonchev–Trinajstić information content (AvgIpc) is 2.43. The zero-order chi connectivity index (χ0) is 14.8. The summed E-state index contributed by atoms with van der Waals surface area (Å²) in [5.74, 6) is -0.620. The minimum atomic E-state index is -0.575. The molecule has 2 unspecified atom stereocenters. The molecule has 0 spiro atoms. The van der Waals surface area contributed by atoms with Crippen molar-refractivity contribution < 1.29 is 13.9 Å². The number of halogens is 3. The number of nitrogens with one attached hydrogen (secondary N) is 1. The van der Waals surface area contributed by atoms with Crippen LogP contribution in [0.3, 0.4) is 0 Å². The first-order valence-corrected chi connectivity index (χ1v) is 7.75. The Balaban J connectivity index is 2.13. The first kappa shape index (κ1) is 15.9. The molecule has 0 saturated heterocycles. The van der Waals surface area contributed by atoms with Gasteiger partial charge in [-0.1, -0.05) is 19.8 Å². The van der Waals surface area contributed by atoms with Gasteiger partial charge in [0.1, 0.15) is 11.6 Å². The van der Waals surface area contributed by atoms with Crippen LogP contribution in [0.1, 0.15) is 38.2 Å². The molecule has 20 heavy (non-hydrogen) atoms. The summed E-state index contributed by atoms with van der Waals surface area (Å²) in [6.07, 6.45) is 3.84. The van der Waals surface area contributed by atoms with E-state index in [1.54, 1.807) is 0 Å². The van der Waals surface area contributed by atoms with Gasteiger partial charge < -0.3 is 10.4 Å². The van der Waals surface area contributed by atoms with E-state index in [4.69, 9.17) is 0 Å². The van der Waals surface area contributed by atoms with Crippen LogP contribution in [0, 0.1) is 17.6 Å². The van der Waals surface area contributed by atoms with Crippen molar-refractivity contribution in [1.82, 2.24) is 5.32 Å². The molecule has 2 rings (SSSR count). The van der Waals surface area contributed by atoms with Crippen molar-refractivity contribution in [3.05, 3.63) is 33.8 Å². The summed E-state index contributed by atoms with van der Waals surface area (Å²) >= 11 is 3.07. The van der Waals surface area contributed by atoms with Crippen molar-refractivity contribution in [2.24, 2.45) is 5.92 Å². The first-order chi connectivity index (χ1) is 9.47. The first-order valence-electron chi connectivity index (χ1n) is 6.96. The Morgan fingerprint density at radius 1 is 1.45 bits per heavy atom. The van der Waals surface area contributed by atoms with Gasteiger partial charge in [-0.05, 0) is 46.8 Å². The standard InChI is InChI=1S/C15H20BrF2NO/c1-10-3-2-6-15(7-10,9-20)19-8-11-13(17)5-4-12(16)14(11)18/h4-5,10,19-20H,2-3,6-9H2,1H3. The number of aliphatic hydroxyl groups is 1. The van der Waals surface area contributed by atoms with Crippen LogP contribution in [-0.4, -0.2) is 17.3 Å². The van der Waals surface area contributed by atoms with Gasteiger partial charge in [0.25, 0.3) is 0 Å². The predicted octanol–water partition coefficient (Wildman–Crippen LogP) is 3.76. The smallest absolute Gasteiger partial charge is 0.144 e. The van der Waals surface area contributed by atoms with Gasteiger partial charge in [0.05, 0.1) is 11.1 Å². The summed E-state index contributed by atoms with van der Waals surface area (Å²) in [6, 6.07) is 2.61. The highest BCUT2D eigenvalue weighted by Crippen LogP contribution is 2.32. The topological polar surface area (TPSA) is 32.3 Å². The lowest BCUT2D eigenvalue weighted by molar-refractivity contribution is 0.0976. The van der Waals surface area contributed by atoms with Crippen molar-refractivity contribution in [3.63, 3.8) is 0 Å². The summed E-state index contributed by atoms with van der Waals surface area (Å²) in [5.41, 5.74) is -0.399. The van der Waals surface area contributed by atoms with Crippen molar-refractivity contribution in [3.8, 4) is 0 Å². The minimum absolute atomic E-state index is 0.00538. The van der Waals surface area contributed by atoms with Gasteiger partial charge in [0.2, 0.25) is 0 Å². The molecule has 1 fully saturated rings. The highest BCUT2D eigenvalue weighted by Gasteiger charge is 2.34. The third kappa shape index (κ3) is 3.38. The molecule has 5 heteroatoms. The normalized spacial score (nSPS) is 26.8. The molecule has 1 aliphatic rings. The summed E-state index contributed by atoms with van der Waals surface area (Å²) in [4.78, 5) is 0. The van der Waals surface area contributed by atoms with E-state index in [9.17, 15) is 13.9 Å². The Morgan fingerprint density at radius 2 is 2.20 bits per heavy atom. The van der Waals surface area contributed by atoms with Crippen LogP contribution >= 0.6 is 15.9 Å². The summed E-state index contributed by atoms with van der Waals surface area (Å²) in [7, 11) is 0. The molecule has 0 aliphatic heterocycles. The van der Waals surface area contributed by atoms with E-state index in [-0.39, 0.29) is 23.2 Å². The molecular formula is C15H20BrF2NO. The Labute approximate surface area is 126 Å². The van der Waals surface area contributed by atoms with Crippen LogP contribution in [0.4, 0.5) is 8.78 Å². The van der Waals surface area contributed by atoms with E-state index in [2.05, 4.69) is 28.2 Å². The molecule has 1 saturated carbocycles. The molecule has 2 nitrogen and oxygen atoms in total. The fraction of sp³-hybridized carbons (Fsp3) is 0.600. The van der Waals surface area contributed by atoms with E-state index in [0.717, 1.165) is 25.7 Å². The second-order valence-electron chi connectivity index (χ2n) is 5.82. The van der Waals surface area contributed by atoms with E-state index in [1.165, 1.54) is 12.1 Å². The molecule has 1 aromatic carbocycles. The highest BCUT2D eigenvalue weighted by molar-refractivity contribution is 9.10. The molecule has 2 atom stereocenters. The molecule has 0 radical (unpaired) electrons. The molecule has 0 amide bonds. The highest BCUT2D eigenvalue weighted by atomic mass is 79.9. The summed E-state index contributed by atoms with van der Waals surface area (Å²) in [5, 5.41) is 12.9. The van der Waals surface area contributed by atoms with Gasteiger partial charge in [-0.25, -0.2) is 8.78 Å². The summed E-state index contributed by atoms with van der Waals surface area (Å²) < 4.78 is 27.9. The zero-order valence-electron chi connectivity index (χ0n) is 11.6. The van der Waals surface area contributed by atoms with E-state index < -0.39 is 17.2 Å². The summed E-state index contributed by atoms with van der Waals surface area (Å²) in [6.45, 7) is 2.23. The molecule has 0 bridgehead atoms. The number of aliphatic hydroxyl groups excluding tert-OH is 1. The van der Waals surface area contributed by atoms with Crippen LogP contribution in [-0.2, 0) is 6.54 Å². The lowest BCUT2D eigenvalue weighted by Gasteiger charge is -2.39. The minimum Gasteiger partial charge on any atom is -0.394 e. The molecule has 0 aromatic heterocycles. The molecular weight excluding hydrogens is 328 g/mol. The van der Waals surface area contributed by atoms with Gasteiger partial charge in [0.15, 0.2) is 0 Å². The Hall–Kier alpha value is -0.520. The zero-order valence-corrected chi connectivity index (χ0v) is 13.1. The quantitative estimate of drug-likeness (QED) is 0.812. The maximum Gasteiger partial charge on any atom is 0.144 e. The monoisotopic (exact) mass is 347 g/mol. The lowest BCUT2D eigenvalue weighted by atomic mass is 9.76. The van der Waals surface area contributed by atoms with Crippen molar-refractivity contribution in [2.75, 3.05) is 6.61 Å². The number of hydrogen-bond acceptors (Lipinski definition) is 2. The van der Waals surface area contributed by atoms with Gasteiger partial charge in [-0.15, -0.1) is 0 Å². The lowest BCUT2D eigenvalue weighted by Crippen LogP contribution is -2.51. The van der Waals surface area contributed by atoms with Crippen molar-refractivity contribution >= 4 is 15.9 Å². The van der Waals surface area contributed by atoms with Crippen molar-refractivity contribution in [1.29, 1.82) is 0 Å². The van der Waals surface area contributed by atoms with Gasteiger partial charge in [-0.2, -0.15) is 0 Å². The maximum absolute atomic E-state index is 13.9. The fourth-order valence-corrected chi connectivity index (χ4v) is 3.40. The van der Waals surface area contributed by atoms with Crippen molar-refractivity contribution in [2.45, 2.75) is 44.7 Å². The van der Waals surface area contributed by atoms with Crippen LogP contribution in [0.5, 0.6) is 0 Å². The molecule has 1 aromatic rings. The maximum atomic E-state index is 13.9. The van der Waals surface area contributed by atoms with Crippen LogP contribution in [0.15, 0.2) is 16.6 Å². The average molecular weight is 348 g/mol. The molecule has 2 N–H and O–H groups in total. The number of hydrogen-bond donors (Lipinski definition) is 2. The SMILES string of the molecule is CC1CCCC(CO)(NCc2c(F)ccc(Br)c2F)C1. The van der Waals surface area contributed by atoms with E-state index in [0.29, 0.717) is 5.92 Å². The van der Waals surface area contributed by atoms with Crippen LogP contribution in [0.2, 0.25) is 0 Å². The number of benzene rings is 1. The Morgan fingerprint density at radius 3 is 2.85 bits per heavy atom. The third-order valence-corrected chi connectivity index (χ3v) is 4.79. The number of rotatable bonds is 4. The predicted molar refractivity (Wildman–Crippen MR) is 78.3 cm³/mol. The fourth-order valence-electron chi connectivity index (χ4n) is 3.03. The molecule has 112 valence electrons. The van der Waals surface area contributed by atoms with E-state index in [1.807, 2.05) is 0 Å². The molecule has 0 heterocycles. The second-order valence-corrected chi connectivity index (χ2v) is 6.67. The Bertz CT molecular complexity index is 483. The van der Waals surface area contributed by atoms with Crippen LogP contribution < -0.4 is 5.32 Å². The van der Waals surface area contributed by atoms with E-state index >= 15 is 0 Å². The van der Waals surface area contributed by atoms with Gasteiger partial charge in [-0.3, -0.25) is 0 Å². The third-order valence-electron chi connectivity index (χ3n) is 4.17. The van der Waals surface area contributed by atoms with Gasteiger partial charge >= 0.3 is 0 Å². The molecule has 1 aliphatic carbocycles.